The number of hydrogen-bond acceptors (Lipinski definition) is 15. The molecule has 2 fully saturated rings. The topological polar surface area (TPSA) is 234 Å². The highest BCUT2D eigenvalue weighted by molar-refractivity contribution is 6.02. The number of halogens is 1. The summed E-state index contributed by atoms with van der Waals surface area (Å²) in [5.74, 6) is -1.06. The fourth-order valence-electron chi connectivity index (χ4n) is 5.29. The quantitative estimate of drug-likeness (QED) is 0.185. The molecule has 0 aromatic heterocycles. The van der Waals surface area contributed by atoms with E-state index >= 15 is 0 Å². The number of Topliss-reactive ketones (excluding diaryl/α,β-unsaturated/α-hetero) is 1. The number of aliphatic hydroxyl groups is 6. The van der Waals surface area contributed by atoms with Crippen molar-refractivity contribution in [1.29, 1.82) is 0 Å². The number of phenols is 2. The first-order chi connectivity index (χ1) is 20.4. The molecular weight excluding hydrogens is 612 g/mol. The Morgan fingerprint density at radius 2 is 1.61 bits per heavy atom. The average molecular weight is 647 g/mol. The van der Waals surface area contributed by atoms with Crippen molar-refractivity contribution in [3.05, 3.63) is 41.5 Å². The maximum absolute atomic E-state index is 13.0. The van der Waals surface area contributed by atoms with E-state index in [-0.39, 0.29) is 47.4 Å². The molecule has 3 heterocycles. The molecule has 0 saturated carbocycles. The van der Waals surface area contributed by atoms with Gasteiger partial charge < -0.3 is 69.3 Å². The zero-order valence-corrected chi connectivity index (χ0v) is 24.3. The first kappa shape index (κ1) is 33.9. The minimum Gasteiger partial charge on any atom is -0.507 e. The number of methoxy groups -OCH3 is 1. The van der Waals surface area contributed by atoms with Gasteiger partial charge in [-0.15, -0.1) is 12.4 Å². The van der Waals surface area contributed by atoms with Gasteiger partial charge in [-0.25, -0.2) is 0 Å². The number of benzene rings is 2. The molecule has 0 radical (unpaired) electrons. The SMILES string of the molecule is COc1ccc([C@@H]2CC(=O)c3c(O)cc(O[C@@H]4O[C@H](CO)[C@@H](O)[C@H](O)[C@H]4O[C@@H]4O[C@@H](C)[C@H](O)C(O)[C@H]4O)cc3O2)cc1O.Cl. The third-order valence-corrected chi connectivity index (χ3v) is 7.72. The molecule has 0 amide bonds. The van der Waals surface area contributed by atoms with Gasteiger partial charge in [0.1, 0.15) is 65.5 Å². The summed E-state index contributed by atoms with van der Waals surface area (Å²) >= 11 is 0. The lowest BCUT2D eigenvalue weighted by Gasteiger charge is -2.45. The van der Waals surface area contributed by atoms with Crippen LogP contribution in [0.3, 0.4) is 0 Å². The molecule has 2 aromatic carbocycles. The van der Waals surface area contributed by atoms with Gasteiger partial charge in [-0.3, -0.25) is 4.79 Å². The van der Waals surface area contributed by atoms with E-state index in [0.29, 0.717) is 5.56 Å². The van der Waals surface area contributed by atoms with Gasteiger partial charge in [0.2, 0.25) is 6.29 Å². The lowest BCUT2D eigenvalue weighted by molar-refractivity contribution is -0.354. The van der Waals surface area contributed by atoms with Crippen LogP contribution in [0.15, 0.2) is 30.3 Å². The molecule has 8 N–H and O–H groups in total. The molecule has 0 aliphatic carbocycles. The van der Waals surface area contributed by atoms with E-state index in [1.54, 1.807) is 6.07 Å². The molecule has 44 heavy (non-hydrogen) atoms. The molecule has 5 rings (SSSR count). The van der Waals surface area contributed by atoms with Crippen molar-refractivity contribution < 1.29 is 74.1 Å². The molecule has 1 unspecified atom stereocenters. The van der Waals surface area contributed by atoms with Crippen molar-refractivity contribution in [2.24, 2.45) is 0 Å². The smallest absolute Gasteiger partial charge is 0.229 e. The van der Waals surface area contributed by atoms with E-state index in [1.807, 2.05) is 0 Å². The van der Waals surface area contributed by atoms with Crippen LogP contribution in [0.4, 0.5) is 0 Å². The largest absolute Gasteiger partial charge is 0.507 e. The molecule has 11 atom stereocenters. The minimum absolute atomic E-state index is 0. The maximum Gasteiger partial charge on any atom is 0.229 e. The van der Waals surface area contributed by atoms with Crippen LogP contribution < -0.4 is 14.2 Å². The molecule has 2 aromatic rings. The third kappa shape index (κ3) is 6.39. The summed E-state index contributed by atoms with van der Waals surface area (Å²) in [5, 5.41) is 82.4. The van der Waals surface area contributed by atoms with Crippen molar-refractivity contribution in [3.8, 4) is 28.7 Å². The number of aliphatic hydroxyl groups excluding tert-OH is 6. The molecular formula is C28H35ClO15. The van der Waals surface area contributed by atoms with Crippen LogP contribution in [0.2, 0.25) is 0 Å². The Balaban J connectivity index is 0.00000442. The Morgan fingerprint density at radius 3 is 2.27 bits per heavy atom. The normalized spacial score (nSPS) is 35.2. The van der Waals surface area contributed by atoms with Crippen molar-refractivity contribution >= 4 is 18.2 Å². The van der Waals surface area contributed by atoms with Gasteiger partial charge in [0.15, 0.2) is 29.7 Å². The fraction of sp³-hybridized carbons (Fsp3) is 0.536. The maximum atomic E-state index is 13.0. The first-order valence-corrected chi connectivity index (χ1v) is 13.5. The molecule has 0 spiro atoms. The van der Waals surface area contributed by atoms with E-state index in [4.69, 9.17) is 28.4 Å². The van der Waals surface area contributed by atoms with E-state index in [1.165, 1.54) is 32.2 Å². The third-order valence-electron chi connectivity index (χ3n) is 7.72. The van der Waals surface area contributed by atoms with Crippen molar-refractivity contribution in [2.45, 2.75) is 80.9 Å². The number of fused-ring (bicyclic) bond motifs is 1. The van der Waals surface area contributed by atoms with Crippen LogP contribution in [0.25, 0.3) is 0 Å². The summed E-state index contributed by atoms with van der Waals surface area (Å²) in [4.78, 5) is 13.0. The predicted molar refractivity (Wildman–Crippen MR) is 148 cm³/mol. The van der Waals surface area contributed by atoms with Crippen molar-refractivity contribution in [3.63, 3.8) is 0 Å². The van der Waals surface area contributed by atoms with E-state index in [0.717, 1.165) is 6.07 Å². The zero-order chi connectivity index (χ0) is 31.2. The van der Waals surface area contributed by atoms with Crippen LogP contribution in [0, 0.1) is 0 Å². The Kier molecular flexibility index (Phi) is 10.5. The van der Waals surface area contributed by atoms with Crippen molar-refractivity contribution in [1.82, 2.24) is 0 Å². The van der Waals surface area contributed by atoms with Crippen LogP contribution in [-0.2, 0) is 14.2 Å². The van der Waals surface area contributed by atoms with Crippen molar-refractivity contribution in [2.75, 3.05) is 13.7 Å². The fourth-order valence-corrected chi connectivity index (χ4v) is 5.29. The van der Waals surface area contributed by atoms with Gasteiger partial charge in [0.25, 0.3) is 0 Å². The Morgan fingerprint density at radius 1 is 0.886 bits per heavy atom. The van der Waals surface area contributed by atoms with Crippen LogP contribution in [0.5, 0.6) is 28.7 Å². The Hall–Kier alpha value is -2.96. The Labute approximate surface area is 257 Å². The number of hydrogen-bond donors (Lipinski definition) is 8. The highest BCUT2D eigenvalue weighted by Gasteiger charge is 2.51. The highest BCUT2D eigenvalue weighted by atomic mass is 35.5. The number of ether oxygens (including phenoxy) is 6. The summed E-state index contributed by atoms with van der Waals surface area (Å²) in [6.45, 7) is 0.699. The molecule has 3 aliphatic heterocycles. The van der Waals surface area contributed by atoms with E-state index < -0.39 is 85.7 Å². The summed E-state index contributed by atoms with van der Waals surface area (Å²) in [5.41, 5.74) is 0.352. The van der Waals surface area contributed by atoms with Gasteiger partial charge >= 0.3 is 0 Å². The number of aromatic hydroxyl groups is 2. The summed E-state index contributed by atoms with van der Waals surface area (Å²) < 4.78 is 33.7. The molecule has 0 bridgehead atoms. The standard InChI is InChI=1S/C28H34O15.ClH/c1-10-21(33)23(35)25(37)27(39-10)43-26-24(36)22(34)19(9-29)42-28(26)40-12-6-14(31)20-15(32)8-17(41-18(20)7-12)11-3-4-16(38-2)13(30)5-11;/h3-7,10,17,19,21-31,33-37H,8-9H2,1-2H3;1H/t10-,17-,19+,21-,22+,23?,24-,25+,26+,27-,28+;/m0./s1. The Bertz CT molecular complexity index is 1330. The molecule has 16 heteroatoms. The van der Waals surface area contributed by atoms with Gasteiger partial charge in [0, 0.05) is 12.1 Å². The number of rotatable bonds is 7. The molecule has 244 valence electrons. The summed E-state index contributed by atoms with van der Waals surface area (Å²) in [7, 11) is 1.39. The van der Waals surface area contributed by atoms with Crippen LogP contribution in [0.1, 0.15) is 35.4 Å². The van der Waals surface area contributed by atoms with E-state index in [9.17, 15) is 45.6 Å². The average Bonchev–Trinajstić information content (AvgIpc) is 2.97. The van der Waals surface area contributed by atoms with Gasteiger partial charge in [-0.2, -0.15) is 0 Å². The number of ketones is 1. The van der Waals surface area contributed by atoms with Gasteiger partial charge in [-0.1, -0.05) is 6.07 Å². The predicted octanol–water partition coefficient (Wildman–Crippen LogP) is -0.735. The molecule has 2 saturated heterocycles. The van der Waals surface area contributed by atoms with Crippen LogP contribution in [-0.4, -0.2) is 122 Å². The number of carbonyl (C=O) groups excluding carboxylic acids is 1. The second kappa shape index (κ2) is 13.6. The number of carbonyl (C=O) groups is 1. The first-order valence-electron chi connectivity index (χ1n) is 13.5. The summed E-state index contributed by atoms with van der Waals surface area (Å²) in [6.07, 6.45) is -16.3. The lowest BCUT2D eigenvalue weighted by atomic mass is 9.95. The minimum atomic E-state index is -1.76. The number of phenolic OH excluding ortho intramolecular Hbond substituents is 2. The zero-order valence-electron chi connectivity index (χ0n) is 23.5. The van der Waals surface area contributed by atoms with Crippen LogP contribution >= 0.6 is 12.4 Å². The second-order valence-electron chi connectivity index (χ2n) is 10.6. The molecule has 3 aliphatic rings. The van der Waals surface area contributed by atoms with Gasteiger partial charge in [0.05, 0.1) is 26.2 Å². The molecule has 15 nitrogen and oxygen atoms in total. The second-order valence-corrected chi connectivity index (χ2v) is 10.6. The van der Waals surface area contributed by atoms with Gasteiger partial charge in [-0.05, 0) is 24.6 Å². The lowest BCUT2D eigenvalue weighted by Crippen LogP contribution is -2.64. The highest BCUT2D eigenvalue weighted by Crippen LogP contribution is 2.43. The van der Waals surface area contributed by atoms with E-state index in [2.05, 4.69) is 0 Å². The monoisotopic (exact) mass is 646 g/mol. The summed E-state index contributed by atoms with van der Waals surface area (Å²) in [6, 6.07) is 6.89.